The van der Waals surface area contributed by atoms with E-state index in [4.69, 9.17) is 0 Å². The SMILES string of the molecule is CCCN(CC1CCNCC1)c1ccc(C(=O)NC)nn1. The van der Waals surface area contributed by atoms with Crippen molar-refractivity contribution in [2.24, 2.45) is 5.92 Å². The highest BCUT2D eigenvalue weighted by Gasteiger charge is 2.18. The molecular formula is C15H25N5O. The summed E-state index contributed by atoms with van der Waals surface area (Å²) < 4.78 is 0. The number of nitrogens with one attached hydrogen (secondary N) is 2. The Morgan fingerprint density at radius 2 is 2.14 bits per heavy atom. The lowest BCUT2D eigenvalue weighted by Gasteiger charge is -2.30. The number of nitrogens with zero attached hydrogens (tertiary/aromatic N) is 3. The molecule has 0 radical (unpaired) electrons. The van der Waals surface area contributed by atoms with Crippen LogP contribution in [0.2, 0.25) is 0 Å². The molecule has 0 unspecified atom stereocenters. The second-order valence-electron chi connectivity index (χ2n) is 5.50. The molecule has 1 aromatic heterocycles. The zero-order valence-corrected chi connectivity index (χ0v) is 12.9. The van der Waals surface area contributed by atoms with Gasteiger partial charge in [0.25, 0.3) is 5.91 Å². The fraction of sp³-hybridized carbons (Fsp3) is 0.667. The first-order valence-corrected chi connectivity index (χ1v) is 7.76. The van der Waals surface area contributed by atoms with Gasteiger partial charge in [-0.25, -0.2) is 0 Å². The average Bonchev–Trinajstić information content (AvgIpc) is 2.55. The highest BCUT2D eigenvalue weighted by molar-refractivity contribution is 5.91. The lowest BCUT2D eigenvalue weighted by atomic mass is 9.97. The maximum absolute atomic E-state index is 11.5. The van der Waals surface area contributed by atoms with Gasteiger partial charge in [-0.1, -0.05) is 6.92 Å². The molecule has 2 heterocycles. The van der Waals surface area contributed by atoms with Crippen LogP contribution >= 0.6 is 0 Å². The zero-order chi connectivity index (χ0) is 15.1. The maximum atomic E-state index is 11.5. The Morgan fingerprint density at radius 1 is 1.38 bits per heavy atom. The number of carbonyl (C=O) groups excluding carboxylic acids is 1. The number of carbonyl (C=O) groups is 1. The van der Waals surface area contributed by atoms with Gasteiger partial charge in [-0.3, -0.25) is 4.79 Å². The first kappa shape index (κ1) is 15.7. The van der Waals surface area contributed by atoms with Gasteiger partial charge in [-0.05, 0) is 50.4 Å². The van der Waals surface area contributed by atoms with Crippen molar-refractivity contribution in [3.63, 3.8) is 0 Å². The van der Waals surface area contributed by atoms with Gasteiger partial charge in [-0.15, -0.1) is 10.2 Å². The van der Waals surface area contributed by atoms with Gasteiger partial charge >= 0.3 is 0 Å². The Kier molecular flexibility index (Phi) is 5.92. The molecule has 0 aromatic carbocycles. The van der Waals surface area contributed by atoms with Crippen molar-refractivity contribution >= 4 is 11.7 Å². The smallest absolute Gasteiger partial charge is 0.271 e. The van der Waals surface area contributed by atoms with Crippen LogP contribution in [0.3, 0.4) is 0 Å². The van der Waals surface area contributed by atoms with Crippen molar-refractivity contribution in [1.82, 2.24) is 20.8 Å². The number of amides is 1. The minimum Gasteiger partial charge on any atom is -0.355 e. The van der Waals surface area contributed by atoms with Crippen LogP contribution in [0.25, 0.3) is 0 Å². The summed E-state index contributed by atoms with van der Waals surface area (Å²) in [5, 5.41) is 14.2. The number of hydrogen-bond donors (Lipinski definition) is 2. The molecular weight excluding hydrogens is 266 g/mol. The average molecular weight is 291 g/mol. The molecule has 0 spiro atoms. The van der Waals surface area contributed by atoms with Gasteiger partial charge in [0.2, 0.25) is 0 Å². The van der Waals surface area contributed by atoms with E-state index in [1.807, 2.05) is 6.07 Å². The van der Waals surface area contributed by atoms with E-state index in [-0.39, 0.29) is 5.91 Å². The fourth-order valence-corrected chi connectivity index (χ4v) is 2.69. The molecule has 0 bridgehead atoms. The van der Waals surface area contributed by atoms with Crippen LogP contribution in [0.1, 0.15) is 36.7 Å². The predicted octanol–water partition coefficient (Wildman–Crippen LogP) is 1.05. The number of anilines is 1. The summed E-state index contributed by atoms with van der Waals surface area (Å²) in [6.07, 6.45) is 3.50. The van der Waals surface area contributed by atoms with E-state index in [0.29, 0.717) is 11.6 Å². The fourth-order valence-electron chi connectivity index (χ4n) is 2.69. The first-order chi connectivity index (χ1) is 10.2. The van der Waals surface area contributed by atoms with E-state index in [9.17, 15) is 4.79 Å². The minimum absolute atomic E-state index is 0.200. The molecule has 1 amide bonds. The molecule has 2 rings (SSSR count). The van der Waals surface area contributed by atoms with Crippen LogP contribution in [-0.4, -0.2) is 49.3 Å². The summed E-state index contributed by atoms with van der Waals surface area (Å²) >= 11 is 0. The summed E-state index contributed by atoms with van der Waals surface area (Å²) in [6.45, 7) is 6.36. The summed E-state index contributed by atoms with van der Waals surface area (Å²) in [7, 11) is 1.60. The van der Waals surface area contributed by atoms with Crippen LogP contribution in [0.5, 0.6) is 0 Å². The van der Waals surface area contributed by atoms with Gasteiger partial charge in [0.1, 0.15) is 0 Å². The molecule has 1 aromatic rings. The van der Waals surface area contributed by atoms with Crippen LogP contribution in [0, 0.1) is 5.92 Å². The van der Waals surface area contributed by atoms with Gasteiger partial charge in [0, 0.05) is 20.1 Å². The van der Waals surface area contributed by atoms with Crippen LogP contribution < -0.4 is 15.5 Å². The molecule has 0 saturated carbocycles. The zero-order valence-electron chi connectivity index (χ0n) is 12.9. The quantitative estimate of drug-likeness (QED) is 0.820. The third-order valence-electron chi connectivity index (χ3n) is 3.86. The van der Waals surface area contributed by atoms with Gasteiger partial charge in [-0.2, -0.15) is 0 Å². The summed E-state index contributed by atoms with van der Waals surface area (Å²) in [4.78, 5) is 13.8. The molecule has 21 heavy (non-hydrogen) atoms. The Balaban J connectivity index is 2.04. The van der Waals surface area contributed by atoms with Crippen molar-refractivity contribution in [3.8, 4) is 0 Å². The van der Waals surface area contributed by atoms with E-state index in [2.05, 4.69) is 32.7 Å². The van der Waals surface area contributed by atoms with Crippen LogP contribution in [0.15, 0.2) is 12.1 Å². The first-order valence-electron chi connectivity index (χ1n) is 7.76. The molecule has 0 atom stereocenters. The monoisotopic (exact) mass is 291 g/mol. The van der Waals surface area contributed by atoms with E-state index in [1.54, 1.807) is 13.1 Å². The topological polar surface area (TPSA) is 70.2 Å². The summed E-state index contributed by atoms with van der Waals surface area (Å²) in [6, 6.07) is 3.64. The highest BCUT2D eigenvalue weighted by atomic mass is 16.1. The predicted molar refractivity (Wildman–Crippen MR) is 83.5 cm³/mol. The Morgan fingerprint density at radius 3 is 2.71 bits per heavy atom. The molecule has 1 fully saturated rings. The molecule has 1 saturated heterocycles. The van der Waals surface area contributed by atoms with E-state index in [1.165, 1.54) is 12.8 Å². The largest absolute Gasteiger partial charge is 0.355 e. The Bertz CT molecular complexity index is 442. The normalized spacial score (nSPS) is 15.7. The van der Waals surface area contributed by atoms with Crippen molar-refractivity contribution < 1.29 is 4.79 Å². The van der Waals surface area contributed by atoms with Crippen molar-refractivity contribution in [2.75, 3.05) is 38.1 Å². The Labute approximate surface area is 126 Å². The second kappa shape index (κ2) is 7.93. The van der Waals surface area contributed by atoms with Crippen molar-refractivity contribution in [2.45, 2.75) is 26.2 Å². The summed E-state index contributed by atoms with van der Waals surface area (Å²) in [5.74, 6) is 1.37. The number of aromatic nitrogens is 2. The molecule has 116 valence electrons. The Hall–Kier alpha value is -1.69. The minimum atomic E-state index is -0.200. The van der Waals surface area contributed by atoms with E-state index >= 15 is 0 Å². The molecule has 1 aliphatic rings. The van der Waals surface area contributed by atoms with E-state index in [0.717, 1.165) is 38.4 Å². The second-order valence-corrected chi connectivity index (χ2v) is 5.50. The summed E-state index contributed by atoms with van der Waals surface area (Å²) in [5.41, 5.74) is 0.361. The number of piperidine rings is 1. The molecule has 1 aliphatic heterocycles. The highest BCUT2D eigenvalue weighted by Crippen LogP contribution is 2.18. The standard InChI is InChI=1S/C15H25N5O/c1-3-10-20(11-12-6-8-17-9-7-12)14-5-4-13(18-19-14)15(21)16-2/h4-5,12,17H,3,6-11H2,1-2H3,(H,16,21). The van der Waals surface area contributed by atoms with Gasteiger partial charge in [0.15, 0.2) is 11.5 Å². The third-order valence-corrected chi connectivity index (χ3v) is 3.86. The van der Waals surface area contributed by atoms with Crippen LogP contribution in [-0.2, 0) is 0 Å². The lowest BCUT2D eigenvalue weighted by Crippen LogP contribution is -2.37. The van der Waals surface area contributed by atoms with Crippen molar-refractivity contribution in [1.29, 1.82) is 0 Å². The molecule has 0 aliphatic carbocycles. The number of rotatable bonds is 6. The third kappa shape index (κ3) is 4.39. The van der Waals surface area contributed by atoms with Gasteiger partial charge in [0.05, 0.1) is 0 Å². The van der Waals surface area contributed by atoms with Crippen molar-refractivity contribution in [3.05, 3.63) is 17.8 Å². The molecule has 2 N–H and O–H groups in total. The molecule has 6 nitrogen and oxygen atoms in total. The number of hydrogen-bond acceptors (Lipinski definition) is 5. The van der Waals surface area contributed by atoms with E-state index < -0.39 is 0 Å². The molecule has 6 heteroatoms. The lowest BCUT2D eigenvalue weighted by molar-refractivity contribution is 0.0957. The van der Waals surface area contributed by atoms with Gasteiger partial charge < -0.3 is 15.5 Å². The van der Waals surface area contributed by atoms with Crippen LogP contribution in [0.4, 0.5) is 5.82 Å². The maximum Gasteiger partial charge on any atom is 0.271 e.